The summed E-state index contributed by atoms with van der Waals surface area (Å²) in [4.78, 5) is 23.4. The zero-order valence-corrected chi connectivity index (χ0v) is 10.9. The first-order valence-corrected chi connectivity index (χ1v) is 6.68. The largest absolute Gasteiger partial charge is 0.296 e. The van der Waals surface area contributed by atoms with Crippen molar-refractivity contribution in [1.29, 1.82) is 0 Å². The maximum atomic E-state index is 11.9. The molecule has 1 N–H and O–H groups in total. The van der Waals surface area contributed by atoms with Crippen LogP contribution in [0, 0.1) is 28.6 Å². The zero-order chi connectivity index (χ0) is 12.4. The summed E-state index contributed by atoms with van der Waals surface area (Å²) < 4.78 is 0. The molecule has 3 aliphatic rings. The third kappa shape index (κ3) is 1.34. The van der Waals surface area contributed by atoms with Crippen LogP contribution in [0.4, 0.5) is 0 Å². The summed E-state index contributed by atoms with van der Waals surface area (Å²) in [6.45, 7) is 6.91. The van der Waals surface area contributed by atoms with Crippen molar-refractivity contribution in [3.05, 3.63) is 0 Å². The number of fused-ring (bicyclic) bond motifs is 2. The molecule has 2 bridgehead atoms. The van der Waals surface area contributed by atoms with E-state index in [0.29, 0.717) is 12.3 Å². The molecule has 4 atom stereocenters. The second kappa shape index (κ2) is 3.12. The lowest BCUT2D eigenvalue weighted by Gasteiger charge is -2.45. The molecule has 3 nitrogen and oxygen atoms in total. The van der Waals surface area contributed by atoms with Crippen LogP contribution in [-0.2, 0) is 9.59 Å². The topological polar surface area (TPSA) is 46.2 Å². The van der Waals surface area contributed by atoms with Gasteiger partial charge in [0.1, 0.15) is 0 Å². The lowest BCUT2D eigenvalue weighted by atomic mass is 9.59. The van der Waals surface area contributed by atoms with E-state index in [4.69, 9.17) is 0 Å². The summed E-state index contributed by atoms with van der Waals surface area (Å²) in [6.07, 6.45) is 4.17. The molecule has 1 saturated heterocycles. The minimum Gasteiger partial charge on any atom is -0.296 e. The van der Waals surface area contributed by atoms with Gasteiger partial charge in [-0.3, -0.25) is 14.9 Å². The van der Waals surface area contributed by atoms with Gasteiger partial charge in [0.2, 0.25) is 11.8 Å². The van der Waals surface area contributed by atoms with Crippen molar-refractivity contribution in [3.63, 3.8) is 0 Å². The minimum atomic E-state index is -0.0813. The van der Waals surface area contributed by atoms with Crippen molar-refractivity contribution in [2.24, 2.45) is 28.6 Å². The van der Waals surface area contributed by atoms with Crippen LogP contribution in [0.15, 0.2) is 0 Å². The number of carbonyl (C=O) groups is 2. The summed E-state index contributed by atoms with van der Waals surface area (Å²) in [5, 5.41) is 2.48. The molecule has 1 aliphatic heterocycles. The maximum absolute atomic E-state index is 11.9. The molecule has 17 heavy (non-hydrogen) atoms. The molecule has 0 spiro atoms. The van der Waals surface area contributed by atoms with E-state index in [2.05, 4.69) is 26.1 Å². The van der Waals surface area contributed by atoms with Crippen LogP contribution in [-0.4, -0.2) is 11.8 Å². The minimum absolute atomic E-state index is 0.0261. The average molecular weight is 235 g/mol. The van der Waals surface area contributed by atoms with Gasteiger partial charge in [0.25, 0.3) is 0 Å². The van der Waals surface area contributed by atoms with Gasteiger partial charge in [-0.2, -0.15) is 0 Å². The predicted octanol–water partition coefficient (Wildman–Crippen LogP) is 2.11. The fraction of sp³-hybridized carbons (Fsp3) is 0.857. The number of carbonyl (C=O) groups excluding carboxylic acids is 2. The van der Waals surface area contributed by atoms with E-state index in [0.717, 1.165) is 5.92 Å². The van der Waals surface area contributed by atoms with Crippen molar-refractivity contribution in [1.82, 2.24) is 5.32 Å². The SMILES string of the molecule is CC12CCC(C1)C(C)(C)C2C1CC(=O)NC1=O. The van der Waals surface area contributed by atoms with Gasteiger partial charge in [0, 0.05) is 6.42 Å². The Balaban J connectivity index is 1.97. The van der Waals surface area contributed by atoms with Gasteiger partial charge in [-0.25, -0.2) is 0 Å². The second-order valence-corrected chi connectivity index (χ2v) is 7.12. The Kier molecular flexibility index (Phi) is 2.06. The first kappa shape index (κ1) is 11.2. The van der Waals surface area contributed by atoms with E-state index in [-0.39, 0.29) is 28.6 Å². The molecular formula is C14H21NO2. The van der Waals surface area contributed by atoms with E-state index in [1.54, 1.807) is 0 Å². The van der Waals surface area contributed by atoms with Gasteiger partial charge in [0.15, 0.2) is 0 Å². The van der Waals surface area contributed by atoms with Gasteiger partial charge >= 0.3 is 0 Å². The Hall–Kier alpha value is -0.860. The first-order valence-electron chi connectivity index (χ1n) is 6.68. The summed E-state index contributed by atoms with van der Waals surface area (Å²) >= 11 is 0. The molecule has 0 aromatic rings. The van der Waals surface area contributed by atoms with Gasteiger partial charge in [-0.15, -0.1) is 0 Å². The number of imide groups is 1. The third-order valence-corrected chi connectivity index (χ3v) is 5.79. The Morgan fingerprint density at radius 1 is 1.24 bits per heavy atom. The van der Waals surface area contributed by atoms with Crippen LogP contribution in [0.1, 0.15) is 46.5 Å². The van der Waals surface area contributed by atoms with Gasteiger partial charge in [-0.05, 0) is 41.9 Å². The Labute approximate surface area is 102 Å². The summed E-state index contributed by atoms with van der Waals surface area (Å²) in [6, 6.07) is 0. The zero-order valence-electron chi connectivity index (χ0n) is 10.9. The molecule has 3 fully saturated rings. The van der Waals surface area contributed by atoms with Crippen molar-refractivity contribution in [3.8, 4) is 0 Å². The van der Waals surface area contributed by atoms with Crippen molar-refractivity contribution in [2.45, 2.75) is 46.5 Å². The monoisotopic (exact) mass is 235 g/mol. The average Bonchev–Trinajstić information content (AvgIpc) is 2.76. The molecule has 3 rings (SSSR count). The highest BCUT2D eigenvalue weighted by atomic mass is 16.2. The number of rotatable bonds is 1. The maximum Gasteiger partial charge on any atom is 0.230 e. The van der Waals surface area contributed by atoms with Crippen LogP contribution in [0.5, 0.6) is 0 Å². The molecule has 0 radical (unpaired) electrons. The predicted molar refractivity (Wildman–Crippen MR) is 64.0 cm³/mol. The number of hydrogen-bond acceptors (Lipinski definition) is 2. The van der Waals surface area contributed by atoms with Crippen molar-refractivity contribution in [2.75, 3.05) is 0 Å². The van der Waals surface area contributed by atoms with E-state index in [9.17, 15) is 9.59 Å². The highest BCUT2D eigenvalue weighted by molar-refractivity contribution is 6.03. The van der Waals surface area contributed by atoms with Crippen LogP contribution >= 0.6 is 0 Å². The fourth-order valence-corrected chi connectivity index (χ4v) is 5.19. The lowest BCUT2D eigenvalue weighted by Crippen LogP contribution is -2.42. The number of amides is 2. The first-order chi connectivity index (χ1) is 7.84. The Morgan fingerprint density at radius 2 is 1.94 bits per heavy atom. The molecule has 2 saturated carbocycles. The Bertz CT molecular complexity index is 396. The highest BCUT2D eigenvalue weighted by Crippen LogP contribution is 2.68. The normalized spacial score (nSPS) is 47.6. The van der Waals surface area contributed by atoms with Gasteiger partial charge in [0.05, 0.1) is 5.92 Å². The molecule has 0 aromatic heterocycles. The molecule has 3 heteroatoms. The van der Waals surface area contributed by atoms with E-state index in [1.807, 2.05) is 0 Å². The third-order valence-electron chi connectivity index (χ3n) is 5.79. The second-order valence-electron chi connectivity index (χ2n) is 7.12. The molecular weight excluding hydrogens is 214 g/mol. The standard InChI is InChI=1S/C14H21NO2/c1-13(2)8-4-5-14(3,7-8)11(13)9-6-10(16)15-12(9)17/h8-9,11H,4-7H2,1-3H3,(H,15,16,17). The quantitative estimate of drug-likeness (QED) is 0.708. The molecule has 2 aliphatic carbocycles. The van der Waals surface area contributed by atoms with Crippen LogP contribution in [0.3, 0.4) is 0 Å². The van der Waals surface area contributed by atoms with Crippen LogP contribution in [0.25, 0.3) is 0 Å². The summed E-state index contributed by atoms with van der Waals surface area (Å²) in [5.74, 6) is 0.929. The molecule has 0 aromatic carbocycles. The summed E-state index contributed by atoms with van der Waals surface area (Å²) in [5.41, 5.74) is 0.487. The molecule has 4 unspecified atom stereocenters. The summed E-state index contributed by atoms with van der Waals surface area (Å²) in [7, 11) is 0. The van der Waals surface area contributed by atoms with Crippen LogP contribution in [0.2, 0.25) is 0 Å². The fourth-order valence-electron chi connectivity index (χ4n) is 5.19. The highest BCUT2D eigenvalue weighted by Gasteiger charge is 2.63. The lowest BCUT2D eigenvalue weighted by molar-refractivity contribution is -0.128. The van der Waals surface area contributed by atoms with Crippen molar-refractivity contribution >= 4 is 11.8 Å². The van der Waals surface area contributed by atoms with Gasteiger partial charge < -0.3 is 0 Å². The smallest absolute Gasteiger partial charge is 0.230 e. The molecule has 94 valence electrons. The van der Waals surface area contributed by atoms with Crippen molar-refractivity contribution < 1.29 is 9.59 Å². The van der Waals surface area contributed by atoms with E-state index in [1.165, 1.54) is 19.3 Å². The van der Waals surface area contributed by atoms with Crippen LogP contribution < -0.4 is 5.32 Å². The van der Waals surface area contributed by atoms with E-state index >= 15 is 0 Å². The number of hydrogen-bond donors (Lipinski definition) is 1. The van der Waals surface area contributed by atoms with Gasteiger partial charge in [-0.1, -0.05) is 20.8 Å². The molecule has 2 amide bonds. The molecule has 1 heterocycles. The van der Waals surface area contributed by atoms with E-state index < -0.39 is 0 Å². The Morgan fingerprint density at radius 3 is 2.41 bits per heavy atom. The number of nitrogens with one attached hydrogen (secondary N) is 1.